The third kappa shape index (κ3) is 5.93. The van der Waals surface area contributed by atoms with Crippen LogP contribution >= 0.6 is 0 Å². The predicted molar refractivity (Wildman–Crippen MR) is 120 cm³/mol. The highest BCUT2D eigenvalue weighted by molar-refractivity contribution is 5.76. The summed E-state index contributed by atoms with van der Waals surface area (Å²) in [6.45, 7) is 5.06. The average molecular weight is 396 g/mol. The first-order valence-electron chi connectivity index (χ1n) is 11.7. The van der Waals surface area contributed by atoms with Crippen LogP contribution in [0.1, 0.15) is 63.9 Å². The van der Waals surface area contributed by atoms with Gasteiger partial charge in [0.25, 0.3) is 0 Å². The minimum Gasteiger partial charge on any atom is -0.343 e. The van der Waals surface area contributed by atoms with Crippen LogP contribution < -0.4 is 10.6 Å². The first-order chi connectivity index (χ1) is 14.2. The normalized spacial score (nSPS) is 29.8. The van der Waals surface area contributed by atoms with E-state index in [1.54, 1.807) is 0 Å². The molecule has 1 aromatic rings. The molecule has 0 spiro atoms. The molecule has 1 heterocycles. The van der Waals surface area contributed by atoms with E-state index in [9.17, 15) is 4.79 Å². The van der Waals surface area contributed by atoms with Crippen molar-refractivity contribution in [1.29, 1.82) is 0 Å². The van der Waals surface area contributed by atoms with Gasteiger partial charge in [-0.3, -0.25) is 4.79 Å². The molecule has 0 bridgehead atoms. The first kappa shape index (κ1) is 20.6. The number of carbonyl (C=O) groups excluding carboxylic acids is 1. The van der Waals surface area contributed by atoms with E-state index in [-0.39, 0.29) is 0 Å². The van der Waals surface area contributed by atoms with Crippen molar-refractivity contribution >= 4 is 12.0 Å². The highest BCUT2D eigenvalue weighted by Gasteiger charge is 2.39. The Morgan fingerprint density at radius 1 is 1.07 bits per heavy atom. The van der Waals surface area contributed by atoms with Crippen molar-refractivity contribution in [2.24, 2.45) is 5.92 Å². The third-order valence-electron chi connectivity index (χ3n) is 6.98. The quantitative estimate of drug-likeness (QED) is 0.700. The van der Waals surface area contributed by atoms with Crippen molar-refractivity contribution in [3.63, 3.8) is 0 Å². The highest BCUT2D eigenvalue weighted by atomic mass is 16.2. The van der Waals surface area contributed by atoms with Crippen LogP contribution in [0.4, 0.5) is 0 Å². The molecule has 4 nitrogen and oxygen atoms in total. The number of hydrogen-bond donors (Lipinski definition) is 2. The SMILES string of the molecule is C/C(=C\c1ccccc1)[C@@H]1CC1NC1CCC(NCCC(=O)N2CCCC2)CC1. The maximum absolute atomic E-state index is 12.1. The summed E-state index contributed by atoms with van der Waals surface area (Å²) in [6.07, 6.45) is 11.6. The summed E-state index contributed by atoms with van der Waals surface area (Å²) >= 11 is 0. The van der Waals surface area contributed by atoms with E-state index in [4.69, 9.17) is 0 Å². The number of likely N-dealkylation sites (tertiary alicyclic amines) is 1. The fourth-order valence-electron chi connectivity index (χ4n) is 5.08. The predicted octanol–water partition coefficient (Wildman–Crippen LogP) is 3.98. The molecular weight excluding hydrogens is 358 g/mol. The molecular formula is C25H37N3O. The number of carbonyl (C=O) groups is 1. The van der Waals surface area contributed by atoms with Crippen molar-refractivity contribution in [2.75, 3.05) is 19.6 Å². The molecule has 158 valence electrons. The molecule has 3 aliphatic rings. The number of nitrogens with one attached hydrogen (secondary N) is 2. The van der Waals surface area contributed by atoms with E-state index >= 15 is 0 Å². The molecule has 29 heavy (non-hydrogen) atoms. The lowest BCUT2D eigenvalue weighted by atomic mass is 9.91. The smallest absolute Gasteiger partial charge is 0.223 e. The Morgan fingerprint density at radius 3 is 2.48 bits per heavy atom. The van der Waals surface area contributed by atoms with Gasteiger partial charge in [0.1, 0.15) is 0 Å². The standard InChI is InChI=1S/C25H37N3O/c1-19(17-20-7-3-2-4-8-20)23-18-24(23)27-22-11-9-21(10-12-22)26-14-13-25(29)28-15-5-6-16-28/h2-4,7-8,17,21-24,26-27H,5-6,9-16,18H2,1H3/b19-17+/t21?,22?,23-,24?/m0/s1. The molecule has 4 rings (SSSR count). The van der Waals surface area contributed by atoms with Crippen LogP contribution in [0, 0.1) is 5.92 Å². The summed E-state index contributed by atoms with van der Waals surface area (Å²) in [5.74, 6) is 1.05. The lowest BCUT2D eigenvalue weighted by Crippen LogP contribution is -2.42. The zero-order valence-corrected chi connectivity index (χ0v) is 17.9. The summed E-state index contributed by atoms with van der Waals surface area (Å²) in [5.41, 5.74) is 2.82. The Bertz CT molecular complexity index is 687. The lowest BCUT2D eigenvalue weighted by Gasteiger charge is -2.30. The topological polar surface area (TPSA) is 44.4 Å². The zero-order valence-electron chi connectivity index (χ0n) is 17.9. The van der Waals surface area contributed by atoms with Crippen molar-refractivity contribution in [1.82, 2.24) is 15.5 Å². The second kappa shape index (κ2) is 9.90. The molecule has 0 radical (unpaired) electrons. The Kier molecular flexibility index (Phi) is 7.04. The van der Waals surface area contributed by atoms with Gasteiger partial charge in [0.05, 0.1) is 0 Å². The molecule has 2 N–H and O–H groups in total. The molecule has 1 amide bonds. The molecule has 3 fully saturated rings. The van der Waals surface area contributed by atoms with Crippen molar-refractivity contribution < 1.29 is 4.79 Å². The summed E-state index contributed by atoms with van der Waals surface area (Å²) < 4.78 is 0. The van der Waals surface area contributed by atoms with Crippen LogP contribution in [0.25, 0.3) is 6.08 Å². The fraction of sp³-hybridized carbons (Fsp3) is 0.640. The van der Waals surface area contributed by atoms with Gasteiger partial charge < -0.3 is 15.5 Å². The first-order valence-corrected chi connectivity index (χ1v) is 11.7. The molecule has 1 aliphatic heterocycles. The number of amides is 1. The van der Waals surface area contributed by atoms with Crippen LogP contribution in [0.15, 0.2) is 35.9 Å². The van der Waals surface area contributed by atoms with Gasteiger partial charge in [0.2, 0.25) is 5.91 Å². The molecule has 2 atom stereocenters. The van der Waals surface area contributed by atoms with Gasteiger partial charge in [0, 0.05) is 44.2 Å². The van der Waals surface area contributed by atoms with Gasteiger partial charge in [0.15, 0.2) is 0 Å². The van der Waals surface area contributed by atoms with E-state index in [1.165, 1.54) is 56.1 Å². The summed E-state index contributed by atoms with van der Waals surface area (Å²) in [7, 11) is 0. The molecule has 2 aliphatic carbocycles. The number of benzene rings is 1. The lowest BCUT2D eigenvalue weighted by molar-refractivity contribution is -0.130. The van der Waals surface area contributed by atoms with Crippen LogP contribution in [0.5, 0.6) is 0 Å². The largest absolute Gasteiger partial charge is 0.343 e. The van der Waals surface area contributed by atoms with Gasteiger partial charge in [-0.15, -0.1) is 0 Å². The van der Waals surface area contributed by atoms with Crippen LogP contribution in [0.3, 0.4) is 0 Å². The van der Waals surface area contributed by atoms with Crippen molar-refractivity contribution in [3.8, 4) is 0 Å². The second-order valence-electron chi connectivity index (χ2n) is 9.25. The molecule has 1 aromatic carbocycles. The molecule has 1 unspecified atom stereocenters. The Hall–Kier alpha value is -1.65. The van der Waals surface area contributed by atoms with Crippen molar-refractivity contribution in [2.45, 2.75) is 76.4 Å². The van der Waals surface area contributed by atoms with Crippen LogP contribution in [0.2, 0.25) is 0 Å². The highest BCUT2D eigenvalue weighted by Crippen LogP contribution is 2.39. The average Bonchev–Trinajstić information content (AvgIpc) is 3.28. The van der Waals surface area contributed by atoms with E-state index < -0.39 is 0 Å². The van der Waals surface area contributed by atoms with Gasteiger partial charge in [-0.25, -0.2) is 0 Å². The van der Waals surface area contributed by atoms with E-state index in [0.29, 0.717) is 36.4 Å². The van der Waals surface area contributed by atoms with Gasteiger partial charge in [-0.05, 0) is 63.4 Å². The Balaban J connectivity index is 1.11. The second-order valence-corrected chi connectivity index (χ2v) is 9.25. The fourth-order valence-corrected chi connectivity index (χ4v) is 5.08. The Labute approximate surface area is 176 Å². The van der Waals surface area contributed by atoms with E-state index in [2.05, 4.69) is 54.0 Å². The Morgan fingerprint density at radius 2 is 1.76 bits per heavy atom. The zero-order chi connectivity index (χ0) is 20.1. The monoisotopic (exact) mass is 395 g/mol. The van der Waals surface area contributed by atoms with Crippen LogP contribution in [-0.2, 0) is 4.79 Å². The summed E-state index contributed by atoms with van der Waals surface area (Å²) in [4.78, 5) is 14.2. The van der Waals surface area contributed by atoms with E-state index in [0.717, 1.165) is 19.6 Å². The molecule has 4 heteroatoms. The summed E-state index contributed by atoms with van der Waals surface area (Å²) in [5, 5.41) is 7.55. The maximum atomic E-state index is 12.1. The van der Waals surface area contributed by atoms with Crippen molar-refractivity contribution in [3.05, 3.63) is 41.5 Å². The molecule has 2 saturated carbocycles. The minimum atomic E-state index is 0.337. The third-order valence-corrected chi connectivity index (χ3v) is 6.98. The maximum Gasteiger partial charge on any atom is 0.223 e. The van der Waals surface area contributed by atoms with Gasteiger partial charge >= 0.3 is 0 Å². The summed E-state index contributed by atoms with van der Waals surface area (Å²) in [6, 6.07) is 12.6. The van der Waals surface area contributed by atoms with E-state index in [1.807, 2.05) is 4.90 Å². The number of rotatable bonds is 8. The molecule has 0 aromatic heterocycles. The number of hydrogen-bond acceptors (Lipinski definition) is 3. The van der Waals surface area contributed by atoms with Gasteiger partial charge in [-0.1, -0.05) is 42.0 Å². The molecule has 1 saturated heterocycles. The van der Waals surface area contributed by atoms with Crippen LogP contribution in [-0.4, -0.2) is 48.6 Å². The van der Waals surface area contributed by atoms with Gasteiger partial charge in [-0.2, -0.15) is 0 Å². The number of nitrogens with zero attached hydrogens (tertiary/aromatic N) is 1. The minimum absolute atomic E-state index is 0.337.